The lowest BCUT2D eigenvalue weighted by atomic mass is 10.1. The molecule has 1 heterocycles. The summed E-state index contributed by atoms with van der Waals surface area (Å²) in [6, 6.07) is 15.9. The Morgan fingerprint density at radius 1 is 1.10 bits per heavy atom. The lowest BCUT2D eigenvalue weighted by Crippen LogP contribution is -2.36. The molecule has 1 aliphatic heterocycles. The third kappa shape index (κ3) is 2.99. The van der Waals surface area contributed by atoms with Crippen LogP contribution in [0.1, 0.15) is 16.7 Å². The Balaban J connectivity index is 1.78. The number of methoxy groups -OCH3 is 1. The molecule has 108 valence electrons. The van der Waals surface area contributed by atoms with Gasteiger partial charge in [-0.15, -0.1) is 0 Å². The van der Waals surface area contributed by atoms with E-state index in [4.69, 9.17) is 4.74 Å². The Morgan fingerprint density at radius 3 is 2.52 bits per heavy atom. The molecule has 1 N–H and O–H groups in total. The van der Waals surface area contributed by atoms with Gasteiger partial charge in [0.25, 0.3) is 0 Å². The van der Waals surface area contributed by atoms with Gasteiger partial charge in [0, 0.05) is 19.6 Å². The average molecular weight is 282 g/mol. The van der Waals surface area contributed by atoms with Gasteiger partial charge in [-0.25, -0.2) is 4.79 Å². The minimum absolute atomic E-state index is 0.0259. The molecule has 4 nitrogen and oxygen atoms in total. The van der Waals surface area contributed by atoms with Crippen LogP contribution in [-0.2, 0) is 19.6 Å². The van der Waals surface area contributed by atoms with Gasteiger partial charge in [-0.05, 0) is 28.8 Å². The molecule has 21 heavy (non-hydrogen) atoms. The predicted molar refractivity (Wildman–Crippen MR) is 80.9 cm³/mol. The second-order valence-electron chi connectivity index (χ2n) is 5.13. The molecule has 3 rings (SSSR count). The molecule has 0 atom stereocenters. The van der Waals surface area contributed by atoms with Gasteiger partial charge in [0.05, 0.1) is 7.11 Å². The molecule has 0 fully saturated rings. The van der Waals surface area contributed by atoms with E-state index in [0.29, 0.717) is 19.6 Å². The van der Waals surface area contributed by atoms with Crippen molar-refractivity contribution in [1.82, 2.24) is 10.2 Å². The minimum Gasteiger partial charge on any atom is -0.497 e. The molecule has 2 aromatic rings. The number of fused-ring (bicyclic) bond motifs is 1. The summed E-state index contributed by atoms with van der Waals surface area (Å²) >= 11 is 0. The van der Waals surface area contributed by atoms with E-state index in [1.54, 1.807) is 7.11 Å². The minimum atomic E-state index is -0.0259. The van der Waals surface area contributed by atoms with Gasteiger partial charge in [-0.1, -0.05) is 36.4 Å². The highest BCUT2D eigenvalue weighted by molar-refractivity contribution is 5.75. The molecule has 2 aromatic carbocycles. The first kappa shape index (κ1) is 13.5. The highest BCUT2D eigenvalue weighted by atomic mass is 16.5. The standard InChI is InChI=1S/C17H18N2O2/c1-21-16-8-6-13(7-9-16)11-19-12-15-5-3-2-4-14(15)10-18-17(19)20/h2-9H,10-12H2,1H3,(H,18,20). The van der Waals surface area contributed by atoms with Gasteiger partial charge in [0.15, 0.2) is 0 Å². The van der Waals surface area contributed by atoms with Crippen molar-refractivity contribution in [3.63, 3.8) is 0 Å². The summed E-state index contributed by atoms with van der Waals surface area (Å²) < 4.78 is 5.15. The highest BCUT2D eigenvalue weighted by Gasteiger charge is 2.19. The van der Waals surface area contributed by atoms with Crippen LogP contribution in [0.4, 0.5) is 4.79 Å². The van der Waals surface area contributed by atoms with Crippen LogP contribution in [0.15, 0.2) is 48.5 Å². The first-order valence-corrected chi connectivity index (χ1v) is 6.99. The lowest BCUT2D eigenvalue weighted by molar-refractivity contribution is 0.194. The van der Waals surface area contributed by atoms with Gasteiger partial charge in [0.2, 0.25) is 0 Å². The summed E-state index contributed by atoms with van der Waals surface area (Å²) in [5.41, 5.74) is 3.47. The first-order chi connectivity index (χ1) is 10.3. The molecule has 1 aliphatic rings. The van der Waals surface area contributed by atoms with Gasteiger partial charge in [0.1, 0.15) is 5.75 Å². The Hall–Kier alpha value is -2.49. The second-order valence-corrected chi connectivity index (χ2v) is 5.13. The van der Waals surface area contributed by atoms with Gasteiger partial charge in [-0.2, -0.15) is 0 Å². The zero-order valence-corrected chi connectivity index (χ0v) is 12.0. The summed E-state index contributed by atoms with van der Waals surface area (Å²) in [6.07, 6.45) is 0. The fourth-order valence-electron chi connectivity index (χ4n) is 2.52. The smallest absolute Gasteiger partial charge is 0.318 e. The number of nitrogens with one attached hydrogen (secondary N) is 1. The SMILES string of the molecule is COc1ccc(CN2Cc3ccccc3CNC2=O)cc1. The number of hydrogen-bond acceptors (Lipinski definition) is 2. The number of ether oxygens (including phenoxy) is 1. The second kappa shape index (κ2) is 5.87. The Kier molecular flexibility index (Phi) is 3.77. The third-order valence-electron chi connectivity index (χ3n) is 3.73. The van der Waals surface area contributed by atoms with Gasteiger partial charge < -0.3 is 15.0 Å². The summed E-state index contributed by atoms with van der Waals surface area (Å²) in [5.74, 6) is 0.824. The van der Waals surface area contributed by atoms with Crippen LogP contribution in [0.5, 0.6) is 5.75 Å². The molecule has 0 aromatic heterocycles. The van der Waals surface area contributed by atoms with E-state index in [-0.39, 0.29) is 6.03 Å². The fraction of sp³-hybridized carbons (Fsp3) is 0.235. The van der Waals surface area contributed by atoms with Crippen LogP contribution in [0, 0.1) is 0 Å². The quantitative estimate of drug-likeness (QED) is 0.940. The van der Waals surface area contributed by atoms with Crippen molar-refractivity contribution in [2.24, 2.45) is 0 Å². The van der Waals surface area contributed by atoms with Crippen molar-refractivity contribution < 1.29 is 9.53 Å². The summed E-state index contributed by atoms with van der Waals surface area (Å²) in [7, 11) is 1.65. The molecular formula is C17H18N2O2. The summed E-state index contributed by atoms with van der Waals surface area (Å²) in [6.45, 7) is 1.81. The molecule has 0 aliphatic carbocycles. The molecule has 0 unspecified atom stereocenters. The Morgan fingerprint density at radius 2 is 1.81 bits per heavy atom. The van der Waals surface area contributed by atoms with E-state index >= 15 is 0 Å². The number of amides is 2. The average Bonchev–Trinajstić information content (AvgIpc) is 2.68. The third-order valence-corrected chi connectivity index (χ3v) is 3.73. The fourth-order valence-corrected chi connectivity index (χ4v) is 2.52. The van der Waals surface area contributed by atoms with E-state index in [9.17, 15) is 4.79 Å². The van der Waals surface area contributed by atoms with Crippen molar-refractivity contribution in [2.45, 2.75) is 19.6 Å². The number of carbonyl (C=O) groups excluding carboxylic acids is 1. The summed E-state index contributed by atoms with van der Waals surface area (Å²) in [4.78, 5) is 14.0. The van der Waals surface area contributed by atoms with Crippen molar-refractivity contribution in [2.75, 3.05) is 7.11 Å². The van der Waals surface area contributed by atoms with Crippen molar-refractivity contribution in [3.8, 4) is 5.75 Å². The summed E-state index contributed by atoms with van der Waals surface area (Å²) in [5, 5.41) is 2.96. The maximum Gasteiger partial charge on any atom is 0.318 e. The maximum absolute atomic E-state index is 12.2. The molecule has 0 saturated heterocycles. The number of urea groups is 1. The predicted octanol–water partition coefficient (Wildman–Crippen LogP) is 2.92. The zero-order valence-electron chi connectivity index (χ0n) is 12.0. The Bertz CT molecular complexity index is 637. The van der Waals surface area contributed by atoms with Crippen molar-refractivity contribution in [1.29, 1.82) is 0 Å². The highest BCUT2D eigenvalue weighted by Crippen LogP contribution is 2.18. The molecular weight excluding hydrogens is 264 g/mol. The molecule has 0 saturated carbocycles. The van der Waals surface area contributed by atoms with E-state index < -0.39 is 0 Å². The lowest BCUT2D eigenvalue weighted by Gasteiger charge is -2.21. The topological polar surface area (TPSA) is 41.6 Å². The van der Waals surface area contributed by atoms with Gasteiger partial charge in [-0.3, -0.25) is 0 Å². The maximum atomic E-state index is 12.2. The molecule has 0 bridgehead atoms. The molecule has 2 amide bonds. The van der Waals surface area contributed by atoms with Crippen molar-refractivity contribution in [3.05, 3.63) is 65.2 Å². The van der Waals surface area contributed by atoms with Crippen molar-refractivity contribution >= 4 is 6.03 Å². The number of hydrogen-bond donors (Lipinski definition) is 1. The van der Waals surface area contributed by atoms with E-state index in [2.05, 4.69) is 17.4 Å². The number of rotatable bonds is 3. The van der Waals surface area contributed by atoms with Crippen LogP contribution < -0.4 is 10.1 Å². The Labute approximate surface area is 124 Å². The van der Waals surface area contributed by atoms with E-state index in [0.717, 1.165) is 11.3 Å². The molecule has 0 radical (unpaired) electrons. The molecule has 0 spiro atoms. The number of benzene rings is 2. The van der Waals surface area contributed by atoms with Crippen LogP contribution in [0.3, 0.4) is 0 Å². The first-order valence-electron chi connectivity index (χ1n) is 6.99. The van der Waals surface area contributed by atoms with Crippen LogP contribution in [0.25, 0.3) is 0 Å². The van der Waals surface area contributed by atoms with Crippen LogP contribution in [0.2, 0.25) is 0 Å². The van der Waals surface area contributed by atoms with Crippen LogP contribution in [-0.4, -0.2) is 18.0 Å². The van der Waals surface area contributed by atoms with Crippen LogP contribution >= 0.6 is 0 Å². The van der Waals surface area contributed by atoms with Gasteiger partial charge >= 0.3 is 6.03 Å². The van der Waals surface area contributed by atoms with E-state index in [1.165, 1.54) is 11.1 Å². The zero-order chi connectivity index (χ0) is 14.7. The molecule has 4 heteroatoms. The van der Waals surface area contributed by atoms with E-state index in [1.807, 2.05) is 41.3 Å². The largest absolute Gasteiger partial charge is 0.497 e. The number of nitrogens with zero attached hydrogens (tertiary/aromatic N) is 1. The number of carbonyl (C=O) groups is 1. The normalized spacial score (nSPS) is 14.1. The monoisotopic (exact) mass is 282 g/mol.